The Balaban J connectivity index is 1.54. The second-order valence-electron chi connectivity index (χ2n) is 7.34. The van der Waals surface area contributed by atoms with Crippen molar-refractivity contribution >= 4 is 23.6 Å². The maximum absolute atomic E-state index is 12.9. The number of rotatable bonds is 6. The summed E-state index contributed by atoms with van der Waals surface area (Å²) in [5.74, 6) is 1.50. The van der Waals surface area contributed by atoms with Crippen LogP contribution in [0.1, 0.15) is 16.8 Å². The number of hydrogen-bond donors (Lipinski definition) is 1. The topological polar surface area (TPSA) is 76.7 Å². The molecule has 1 aliphatic heterocycles. The number of methoxy groups -OCH3 is 3. The summed E-state index contributed by atoms with van der Waals surface area (Å²) in [7, 11) is 4.67. The number of carbonyl (C=O) groups is 1. The van der Waals surface area contributed by atoms with Gasteiger partial charge < -0.3 is 19.1 Å². The zero-order valence-electron chi connectivity index (χ0n) is 18.1. The maximum Gasteiger partial charge on any atom is 0.246 e. The lowest BCUT2D eigenvalue weighted by molar-refractivity contribution is -0.126. The first-order valence-electron chi connectivity index (χ1n) is 10.1. The molecule has 8 heteroatoms. The van der Waals surface area contributed by atoms with Crippen LogP contribution in [0.4, 0.5) is 0 Å². The summed E-state index contributed by atoms with van der Waals surface area (Å²) in [5, 5.41) is 8.23. The molecule has 0 saturated carbocycles. The molecule has 0 atom stereocenters. The monoisotopic (exact) mass is 453 g/mol. The second-order valence-corrected chi connectivity index (χ2v) is 7.78. The molecule has 0 saturated heterocycles. The van der Waals surface area contributed by atoms with Gasteiger partial charge in [-0.3, -0.25) is 9.89 Å². The van der Waals surface area contributed by atoms with Gasteiger partial charge in [0.2, 0.25) is 11.7 Å². The Morgan fingerprint density at radius 3 is 2.53 bits per heavy atom. The van der Waals surface area contributed by atoms with Crippen LogP contribution >= 0.6 is 11.6 Å². The zero-order chi connectivity index (χ0) is 22.7. The number of halogens is 1. The predicted molar refractivity (Wildman–Crippen MR) is 123 cm³/mol. The molecule has 0 spiro atoms. The van der Waals surface area contributed by atoms with Crippen molar-refractivity contribution in [3.8, 4) is 28.5 Å². The van der Waals surface area contributed by atoms with Crippen LogP contribution in [-0.4, -0.2) is 48.9 Å². The van der Waals surface area contributed by atoms with E-state index in [1.165, 1.54) is 0 Å². The van der Waals surface area contributed by atoms with Crippen LogP contribution in [-0.2, 0) is 17.8 Å². The number of aromatic nitrogens is 2. The minimum absolute atomic E-state index is 0.0809. The van der Waals surface area contributed by atoms with Crippen LogP contribution < -0.4 is 14.2 Å². The summed E-state index contributed by atoms with van der Waals surface area (Å²) in [6, 6.07) is 11.2. The fourth-order valence-electron chi connectivity index (χ4n) is 3.83. The van der Waals surface area contributed by atoms with E-state index in [1.54, 1.807) is 50.5 Å². The summed E-state index contributed by atoms with van der Waals surface area (Å²) in [6.07, 6.45) is 4.02. The number of nitrogens with one attached hydrogen (secondary N) is 1. The number of benzene rings is 2. The Labute approximate surface area is 191 Å². The standard InChI is InChI=1S/C24H24ClN3O4/c1-30-20-11-15(12-21(31-2)24(20)32-3)7-8-22(29)28-10-9-19-18(14-28)23(27-26-19)16-5-4-6-17(25)13-16/h4-8,11-13H,9-10,14H2,1-3H3,(H,26,27)/b8-7+. The average Bonchev–Trinajstić information content (AvgIpc) is 3.25. The molecule has 4 rings (SSSR count). The van der Waals surface area contributed by atoms with Gasteiger partial charge in [-0.15, -0.1) is 0 Å². The van der Waals surface area contributed by atoms with Crippen molar-refractivity contribution in [2.45, 2.75) is 13.0 Å². The Bertz CT molecular complexity index is 1150. The van der Waals surface area contributed by atoms with E-state index in [0.717, 1.165) is 28.1 Å². The molecule has 2 heterocycles. The summed E-state index contributed by atoms with van der Waals surface area (Å²) in [5.41, 5.74) is 4.60. The first kappa shape index (κ1) is 21.8. The fraction of sp³-hybridized carbons (Fsp3) is 0.250. The number of aromatic amines is 1. The van der Waals surface area contributed by atoms with Crippen molar-refractivity contribution in [1.82, 2.24) is 15.1 Å². The molecule has 1 aliphatic rings. The van der Waals surface area contributed by atoms with Gasteiger partial charge in [0.05, 0.1) is 27.0 Å². The molecule has 7 nitrogen and oxygen atoms in total. The Hall–Kier alpha value is -3.45. The van der Waals surface area contributed by atoms with Gasteiger partial charge >= 0.3 is 0 Å². The van der Waals surface area contributed by atoms with E-state index in [2.05, 4.69) is 10.2 Å². The minimum Gasteiger partial charge on any atom is -0.493 e. The van der Waals surface area contributed by atoms with Crippen LogP contribution in [0.3, 0.4) is 0 Å². The highest BCUT2D eigenvalue weighted by atomic mass is 35.5. The zero-order valence-corrected chi connectivity index (χ0v) is 18.9. The molecule has 1 N–H and O–H groups in total. The van der Waals surface area contributed by atoms with E-state index in [4.69, 9.17) is 25.8 Å². The SMILES string of the molecule is COc1cc(/C=C/C(=O)N2CCc3[nH]nc(-c4cccc(Cl)c4)c3C2)cc(OC)c1OC. The molecule has 2 aromatic carbocycles. The molecule has 0 aliphatic carbocycles. The van der Waals surface area contributed by atoms with Gasteiger partial charge in [-0.1, -0.05) is 23.7 Å². The third kappa shape index (κ3) is 4.29. The molecule has 1 aromatic heterocycles. The summed E-state index contributed by atoms with van der Waals surface area (Å²) >= 11 is 6.15. The van der Waals surface area contributed by atoms with Gasteiger partial charge in [0.15, 0.2) is 11.5 Å². The number of H-pyrrole nitrogens is 1. The van der Waals surface area contributed by atoms with Gasteiger partial charge in [-0.25, -0.2) is 0 Å². The molecule has 0 fully saturated rings. The Kier molecular flexibility index (Phi) is 6.37. The van der Waals surface area contributed by atoms with E-state index in [9.17, 15) is 4.79 Å². The molecule has 166 valence electrons. The Morgan fingerprint density at radius 2 is 1.88 bits per heavy atom. The first-order chi connectivity index (χ1) is 15.5. The smallest absolute Gasteiger partial charge is 0.246 e. The third-order valence-corrected chi connectivity index (χ3v) is 5.68. The number of ether oxygens (including phenoxy) is 3. The lowest BCUT2D eigenvalue weighted by Gasteiger charge is -2.26. The third-order valence-electron chi connectivity index (χ3n) is 5.45. The molecular formula is C24H24ClN3O4. The van der Waals surface area contributed by atoms with E-state index in [0.29, 0.717) is 41.8 Å². The van der Waals surface area contributed by atoms with Gasteiger partial charge in [0.1, 0.15) is 0 Å². The lowest BCUT2D eigenvalue weighted by Crippen LogP contribution is -2.34. The highest BCUT2D eigenvalue weighted by molar-refractivity contribution is 6.30. The minimum atomic E-state index is -0.0809. The molecule has 0 radical (unpaired) electrons. The fourth-order valence-corrected chi connectivity index (χ4v) is 4.02. The average molecular weight is 454 g/mol. The van der Waals surface area contributed by atoms with Crippen LogP contribution in [0.15, 0.2) is 42.5 Å². The normalized spacial score (nSPS) is 13.2. The second kappa shape index (κ2) is 9.36. The van der Waals surface area contributed by atoms with Crippen molar-refractivity contribution in [1.29, 1.82) is 0 Å². The van der Waals surface area contributed by atoms with Crippen LogP contribution in [0.25, 0.3) is 17.3 Å². The molecule has 3 aromatic rings. The number of carbonyl (C=O) groups excluding carboxylic acids is 1. The van der Waals surface area contributed by atoms with Gasteiger partial charge in [-0.05, 0) is 35.9 Å². The Morgan fingerprint density at radius 1 is 1.12 bits per heavy atom. The molecular weight excluding hydrogens is 430 g/mol. The maximum atomic E-state index is 12.9. The van der Waals surface area contributed by atoms with E-state index >= 15 is 0 Å². The summed E-state index contributed by atoms with van der Waals surface area (Å²) in [4.78, 5) is 14.7. The van der Waals surface area contributed by atoms with Gasteiger partial charge in [0.25, 0.3) is 0 Å². The van der Waals surface area contributed by atoms with E-state index < -0.39 is 0 Å². The largest absolute Gasteiger partial charge is 0.493 e. The van der Waals surface area contributed by atoms with Crippen LogP contribution in [0.2, 0.25) is 5.02 Å². The quantitative estimate of drug-likeness (QED) is 0.561. The predicted octanol–water partition coefficient (Wildman–Crippen LogP) is 4.35. The number of hydrogen-bond acceptors (Lipinski definition) is 5. The highest BCUT2D eigenvalue weighted by Crippen LogP contribution is 2.38. The van der Waals surface area contributed by atoms with Crippen LogP contribution in [0.5, 0.6) is 17.2 Å². The van der Waals surface area contributed by atoms with E-state index in [1.807, 2.05) is 24.3 Å². The lowest BCUT2D eigenvalue weighted by atomic mass is 10.0. The summed E-state index contributed by atoms with van der Waals surface area (Å²) < 4.78 is 16.1. The number of amides is 1. The molecule has 0 bridgehead atoms. The highest BCUT2D eigenvalue weighted by Gasteiger charge is 2.25. The number of fused-ring (bicyclic) bond motifs is 1. The van der Waals surface area contributed by atoms with Gasteiger partial charge in [-0.2, -0.15) is 5.10 Å². The van der Waals surface area contributed by atoms with Crippen molar-refractivity contribution in [3.05, 3.63) is 64.3 Å². The summed E-state index contributed by atoms with van der Waals surface area (Å²) in [6.45, 7) is 1.09. The van der Waals surface area contributed by atoms with Crippen molar-refractivity contribution in [2.75, 3.05) is 27.9 Å². The van der Waals surface area contributed by atoms with E-state index in [-0.39, 0.29) is 5.91 Å². The first-order valence-corrected chi connectivity index (χ1v) is 10.5. The van der Waals surface area contributed by atoms with Crippen molar-refractivity contribution in [2.24, 2.45) is 0 Å². The number of nitrogens with zero attached hydrogens (tertiary/aromatic N) is 2. The van der Waals surface area contributed by atoms with Crippen LogP contribution in [0, 0.1) is 0 Å². The van der Waals surface area contributed by atoms with Crippen molar-refractivity contribution in [3.63, 3.8) is 0 Å². The van der Waals surface area contributed by atoms with Crippen molar-refractivity contribution < 1.29 is 19.0 Å². The molecule has 32 heavy (non-hydrogen) atoms. The van der Waals surface area contributed by atoms with Gasteiger partial charge in [0, 0.05) is 47.4 Å². The molecule has 1 amide bonds. The molecule has 0 unspecified atom stereocenters.